The number of ether oxygens (including phenoxy) is 1. The second-order valence-corrected chi connectivity index (χ2v) is 4.75. The molecule has 2 aromatic heterocycles. The van der Waals surface area contributed by atoms with E-state index in [0.29, 0.717) is 23.6 Å². The van der Waals surface area contributed by atoms with Gasteiger partial charge >= 0.3 is 0 Å². The summed E-state index contributed by atoms with van der Waals surface area (Å²) in [4.78, 5) is 3.97. The molecule has 2 heterocycles. The van der Waals surface area contributed by atoms with E-state index in [4.69, 9.17) is 16.3 Å². The van der Waals surface area contributed by atoms with Gasteiger partial charge in [0.15, 0.2) is 0 Å². The molecule has 0 fully saturated rings. The molecule has 0 radical (unpaired) electrons. The molecule has 2 aromatic rings. The van der Waals surface area contributed by atoms with Crippen LogP contribution in [0.1, 0.15) is 38.4 Å². The molecule has 0 aliphatic carbocycles. The van der Waals surface area contributed by atoms with Crippen molar-refractivity contribution in [1.82, 2.24) is 14.8 Å². The SMILES string of the molecule is CCC(CC)n1ccc(COc2ccc(Cl)nc2)n1. The maximum Gasteiger partial charge on any atom is 0.138 e. The van der Waals surface area contributed by atoms with Crippen molar-refractivity contribution in [2.24, 2.45) is 0 Å². The van der Waals surface area contributed by atoms with Gasteiger partial charge in [-0.2, -0.15) is 5.10 Å². The van der Waals surface area contributed by atoms with Crippen LogP contribution in [0.3, 0.4) is 0 Å². The molecule has 19 heavy (non-hydrogen) atoms. The van der Waals surface area contributed by atoms with Crippen molar-refractivity contribution < 1.29 is 4.74 Å². The third-order valence-electron chi connectivity index (χ3n) is 3.07. The highest BCUT2D eigenvalue weighted by Crippen LogP contribution is 2.16. The van der Waals surface area contributed by atoms with Gasteiger partial charge in [0.05, 0.1) is 17.9 Å². The molecular formula is C14H18ClN3O. The zero-order valence-corrected chi connectivity index (χ0v) is 12.0. The molecule has 0 amide bonds. The van der Waals surface area contributed by atoms with E-state index in [2.05, 4.69) is 23.9 Å². The zero-order chi connectivity index (χ0) is 13.7. The summed E-state index contributed by atoms with van der Waals surface area (Å²) in [6.07, 6.45) is 5.79. The fourth-order valence-corrected chi connectivity index (χ4v) is 2.04. The number of aromatic nitrogens is 3. The van der Waals surface area contributed by atoms with Crippen molar-refractivity contribution in [2.45, 2.75) is 39.3 Å². The Morgan fingerprint density at radius 1 is 1.26 bits per heavy atom. The first kappa shape index (κ1) is 13.9. The molecule has 0 saturated heterocycles. The van der Waals surface area contributed by atoms with Gasteiger partial charge in [-0.15, -0.1) is 0 Å². The Morgan fingerprint density at radius 2 is 2.05 bits per heavy atom. The third kappa shape index (κ3) is 3.70. The summed E-state index contributed by atoms with van der Waals surface area (Å²) in [7, 11) is 0. The highest BCUT2D eigenvalue weighted by Gasteiger charge is 2.08. The fourth-order valence-electron chi connectivity index (χ4n) is 1.93. The molecular weight excluding hydrogens is 262 g/mol. The summed E-state index contributed by atoms with van der Waals surface area (Å²) in [5.74, 6) is 0.696. The highest BCUT2D eigenvalue weighted by atomic mass is 35.5. The van der Waals surface area contributed by atoms with Crippen LogP contribution >= 0.6 is 11.6 Å². The van der Waals surface area contributed by atoms with Gasteiger partial charge in [-0.3, -0.25) is 4.68 Å². The molecule has 0 aliphatic heterocycles. The van der Waals surface area contributed by atoms with E-state index in [-0.39, 0.29) is 0 Å². The van der Waals surface area contributed by atoms with E-state index < -0.39 is 0 Å². The number of halogens is 1. The van der Waals surface area contributed by atoms with Gasteiger partial charge in [-0.1, -0.05) is 25.4 Å². The van der Waals surface area contributed by atoms with E-state index in [1.54, 1.807) is 18.3 Å². The molecule has 0 saturated carbocycles. The number of rotatable bonds is 6. The average Bonchev–Trinajstić information content (AvgIpc) is 2.88. The smallest absolute Gasteiger partial charge is 0.138 e. The summed E-state index contributed by atoms with van der Waals surface area (Å²) in [6.45, 7) is 4.78. The van der Waals surface area contributed by atoms with Gasteiger partial charge in [0.1, 0.15) is 17.5 Å². The molecule has 0 aliphatic rings. The number of hydrogen-bond acceptors (Lipinski definition) is 3. The first-order valence-corrected chi connectivity index (χ1v) is 6.89. The molecule has 0 unspecified atom stereocenters. The zero-order valence-electron chi connectivity index (χ0n) is 11.2. The first-order chi connectivity index (χ1) is 9.22. The monoisotopic (exact) mass is 279 g/mol. The first-order valence-electron chi connectivity index (χ1n) is 6.51. The van der Waals surface area contributed by atoms with E-state index in [9.17, 15) is 0 Å². The van der Waals surface area contributed by atoms with Crippen LogP contribution in [-0.4, -0.2) is 14.8 Å². The molecule has 2 rings (SSSR count). The van der Waals surface area contributed by atoms with Crippen LogP contribution in [0, 0.1) is 0 Å². The van der Waals surface area contributed by atoms with Gasteiger partial charge in [0.25, 0.3) is 0 Å². The maximum absolute atomic E-state index is 5.72. The molecule has 0 bridgehead atoms. The third-order valence-corrected chi connectivity index (χ3v) is 3.29. The van der Waals surface area contributed by atoms with Crippen LogP contribution < -0.4 is 4.74 Å². The van der Waals surface area contributed by atoms with E-state index in [0.717, 1.165) is 18.5 Å². The van der Waals surface area contributed by atoms with Crippen LogP contribution in [0.4, 0.5) is 0 Å². The Balaban J connectivity index is 1.95. The molecule has 0 N–H and O–H groups in total. The quantitative estimate of drug-likeness (QED) is 0.754. The van der Waals surface area contributed by atoms with Gasteiger partial charge in [0, 0.05) is 6.20 Å². The molecule has 0 atom stereocenters. The van der Waals surface area contributed by atoms with E-state index >= 15 is 0 Å². The number of hydrogen-bond donors (Lipinski definition) is 0. The summed E-state index contributed by atoms with van der Waals surface area (Å²) >= 11 is 5.72. The highest BCUT2D eigenvalue weighted by molar-refractivity contribution is 6.29. The van der Waals surface area contributed by atoms with Crippen LogP contribution in [0.25, 0.3) is 0 Å². The van der Waals surface area contributed by atoms with Crippen molar-refractivity contribution in [2.75, 3.05) is 0 Å². The lowest BCUT2D eigenvalue weighted by molar-refractivity contribution is 0.296. The minimum absolute atomic E-state index is 0.441. The fraction of sp³-hybridized carbons (Fsp3) is 0.429. The van der Waals surface area contributed by atoms with Gasteiger partial charge in [-0.25, -0.2) is 4.98 Å². The minimum atomic E-state index is 0.441. The van der Waals surface area contributed by atoms with Crippen molar-refractivity contribution in [1.29, 1.82) is 0 Å². The summed E-state index contributed by atoms with van der Waals surface area (Å²) < 4.78 is 7.62. The summed E-state index contributed by atoms with van der Waals surface area (Å²) in [6, 6.07) is 5.96. The molecule has 5 heteroatoms. The Bertz CT molecular complexity index is 506. The lowest BCUT2D eigenvalue weighted by atomic mass is 10.2. The molecule has 0 aromatic carbocycles. The molecule has 0 spiro atoms. The molecule has 4 nitrogen and oxygen atoms in total. The number of pyridine rings is 1. The Labute approximate surface area is 118 Å². The standard InChI is InChI=1S/C14H18ClN3O/c1-3-12(4-2)18-8-7-11(17-18)10-19-13-5-6-14(15)16-9-13/h5-9,12H,3-4,10H2,1-2H3. The van der Waals surface area contributed by atoms with Gasteiger partial charge in [0.2, 0.25) is 0 Å². The van der Waals surface area contributed by atoms with Gasteiger partial charge in [-0.05, 0) is 31.0 Å². The minimum Gasteiger partial charge on any atom is -0.486 e. The predicted molar refractivity (Wildman–Crippen MR) is 75.4 cm³/mol. The second kappa shape index (κ2) is 6.57. The Morgan fingerprint density at radius 3 is 2.68 bits per heavy atom. The Hall–Kier alpha value is -1.55. The van der Waals surface area contributed by atoms with Crippen LogP contribution in [-0.2, 0) is 6.61 Å². The predicted octanol–water partition coefficient (Wildman–Crippen LogP) is 3.87. The normalized spacial score (nSPS) is 10.9. The summed E-state index contributed by atoms with van der Waals surface area (Å²) in [5, 5.41) is 4.99. The van der Waals surface area contributed by atoms with Crippen LogP contribution in [0.2, 0.25) is 5.15 Å². The Kier molecular flexibility index (Phi) is 4.80. The van der Waals surface area contributed by atoms with Crippen LogP contribution in [0.5, 0.6) is 5.75 Å². The van der Waals surface area contributed by atoms with Crippen LogP contribution in [0.15, 0.2) is 30.6 Å². The van der Waals surface area contributed by atoms with E-state index in [1.807, 2.05) is 16.9 Å². The molecule has 102 valence electrons. The van der Waals surface area contributed by atoms with Crippen molar-refractivity contribution in [3.63, 3.8) is 0 Å². The number of nitrogens with zero attached hydrogens (tertiary/aromatic N) is 3. The lowest BCUT2D eigenvalue weighted by Crippen LogP contribution is -2.08. The lowest BCUT2D eigenvalue weighted by Gasteiger charge is -2.12. The van der Waals surface area contributed by atoms with Crippen molar-refractivity contribution >= 4 is 11.6 Å². The van der Waals surface area contributed by atoms with E-state index in [1.165, 1.54) is 0 Å². The topological polar surface area (TPSA) is 39.9 Å². The largest absolute Gasteiger partial charge is 0.486 e. The van der Waals surface area contributed by atoms with Crippen molar-refractivity contribution in [3.05, 3.63) is 41.4 Å². The van der Waals surface area contributed by atoms with Gasteiger partial charge < -0.3 is 4.74 Å². The average molecular weight is 280 g/mol. The second-order valence-electron chi connectivity index (χ2n) is 4.36. The summed E-state index contributed by atoms with van der Waals surface area (Å²) in [5.41, 5.74) is 0.918. The maximum atomic E-state index is 5.72. The van der Waals surface area contributed by atoms with Crippen molar-refractivity contribution in [3.8, 4) is 5.75 Å².